The summed E-state index contributed by atoms with van der Waals surface area (Å²) in [6.07, 6.45) is 6.48. The number of hydrogen-bond donors (Lipinski definition) is 1. The van der Waals surface area contributed by atoms with E-state index in [9.17, 15) is 0 Å². The summed E-state index contributed by atoms with van der Waals surface area (Å²) in [5.74, 6) is 0. The Bertz CT molecular complexity index is 503. The van der Waals surface area contributed by atoms with E-state index in [2.05, 4.69) is 61.6 Å². The van der Waals surface area contributed by atoms with Gasteiger partial charge in [0.2, 0.25) is 0 Å². The Morgan fingerprint density at radius 2 is 1.76 bits per heavy atom. The minimum absolute atomic E-state index is 0.678. The monoisotopic (exact) mass is 301 g/mol. The molecule has 0 fully saturated rings. The predicted octanol–water partition coefficient (Wildman–Crippen LogP) is 5.86. The molecule has 1 aromatic carbocycles. The highest BCUT2D eigenvalue weighted by Gasteiger charge is 2.08. The first kappa shape index (κ1) is 16.3. The van der Waals surface area contributed by atoms with Gasteiger partial charge in [-0.2, -0.15) is 0 Å². The normalized spacial score (nSPS) is 12.5. The summed E-state index contributed by atoms with van der Waals surface area (Å²) < 4.78 is 0. The molecule has 1 unspecified atom stereocenters. The van der Waals surface area contributed by atoms with Crippen LogP contribution in [-0.2, 0) is 6.54 Å². The van der Waals surface area contributed by atoms with Gasteiger partial charge in [-0.05, 0) is 30.5 Å². The Balaban J connectivity index is 1.89. The second kappa shape index (κ2) is 9.01. The maximum absolute atomic E-state index is 3.75. The summed E-state index contributed by atoms with van der Waals surface area (Å²) in [4.78, 5) is 2.81. The lowest BCUT2D eigenvalue weighted by Gasteiger charge is -2.17. The van der Waals surface area contributed by atoms with Crippen LogP contribution < -0.4 is 5.32 Å². The van der Waals surface area contributed by atoms with Crippen LogP contribution in [0.5, 0.6) is 0 Å². The minimum atomic E-state index is 0.678. The zero-order valence-corrected chi connectivity index (χ0v) is 14.1. The highest BCUT2D eigenvalue weighted by Crippen LogP contribution is 2.27. The smallest absolute Gasteiger partial charge is 0.0346 e. The van der Waals surface area contributed by atoms with Crippen LogP contribution in [0.25, 0.3) is 10.4 Å². The summed E-state index contributed by atoms with van der Waals surface area (Å²) >= 11 is 1.91. The van der Waals surface area contributed by atoms with Crippen LogP contribution in [0, 0.1) is 0 Å². The number of hydrogen-bond acceptors (Lipinski definition) is 2. The second-order valence-corrected chi connectivity index (χ2v) is 6.81. The van der Waals surface area contributed by atoms with Crippen molar-refractivity contribution in [1.82, 2.24) is 5.32 Å². The average Bonchev–Trinajstić information content (AvgIpc) is 3.00. The molecule has 1 N–H and O–H groups in total. The van der Waals surface area contributed by atoms with Crippen molar-refractivity contribution in [2.75, 3.05) is 0 Å². The van der Waals surface area contributed by atoms with Gasteiger partial charge >= 0.3 is 0 Å². The van der Waals surface area contributed by atoms with E-state index in [1.807, 2.05) is 11.3 Å². The van der Waals surface area contributed by atoms with Crippen LogP contribution in [0.3, 0.4) is 0 Å². The first-order chi connectivity index (χ1) is 10.3. The molecule has 1 heterocycles. The van der Waals surface area contributed by atoms with E-state index in [1.54, 1.807) is 0 Å². The minimum Gasteiger partial charge on any atom is -0.309 e. The number of unbranched alkanes of at least 4 members (excludes halogenated alkanes) is 1. The van der Waals surface area contributed by atoms with Gasteiger partial charge in [0.1, 0.15) is 0 Å². The van der Waals surface area contributed by atoms with Gasteiger partial charge in [-0.3, -0.25) is 0 Å². The van der Waals surface area contributed by atoms with Crippen molar-refractivity contribution in [1.29, 1.82) is 0 Å². The van der Waals surface area contributed by atoms with Crippen molar-refractivity contribution in [2.24, 2.45) is 0 Å². The van der Waals surface area contributed by atoms with Gasteiger partial charge in [-0.25, -0.2) is 0 Å². The fourth-order valence-electron chi connectivity index (χ4n) is 2.62. The molecule has 0 saturated heterocycles. The SMILES string of the molecule is CCCCC(CCC)NCc1ccc(-c2ccccc2)s1. The Hall–Kier alpha value is -1.12. The zero-order chi connectivity index (χ0) is 14.9. The van der Waals surface area contributed by atoms with E-state index < -0.39 is 0 Å². The van der Waals surface area contributed by atoms with Gasteiger partial charge in [0.15, 0.2) is 0 Å². The molecule has 0 aliphatic rings. The molecule has 0 aliphatic carbocycles. The standard InChI is InChI=1S/C19H27NS/c1-3-5-12-17(9-4-2)20-15-18-13-14-19(21-18)16-10-7-6-8-11-16/h6-8,10-11,13-14,17,20H,3-5,9,12,15H2,1-2H3. The molecule has 1 atom stereocenters. The fraction of sp³-hybridized carbons (Fsp3) is 0.474. The molecule has 0 amide bonds. The summed E-state index contributed by atoms with van der Waals surface area (Å²) in [6.45, 7) is 5.56. The van der Waals surface area contributed by atoms with Crippen molar-refractivity contribution in [3.05, 3.63) is 47.3 Å². The van der Waals surface area contributed by atoms with E-state index in [0.29, 0.717) is 6.04 Å². The summed E-state index contributed by atoms with van der Waals surface area (Å²) in [7, 11) is 0. The Labute approximate surface area is 133 Å². The molecule has 0 saturated carbocycles. The number of rotatable bonds is 9. The molecule has 2 aromatic rings. The maximum Gasteiger partial charge on any atom is 0.0346 e. The maximum atomic E-state index is 3.75. The Morgan fingerprint density at radius 1 is 0.952 bits per heavy atom. The zero-order valence-electron chi connectivity index (χ0n) is 13.3. The first-order valence-corrected chi connectivity index (χ1v) is 9.02. The van der Waals surface area contributed by atoms with Gasteiger partial charge in [0.05, 0.1) is 0 Å². The Kier molecular flexibility index (Phi) is 6.98. The highest BCUT2D eigenvalue weighted by atomic mass is 32.1. The molecule has 21 heavy (non-hydrogen) atoms. The lowest BCUT2D eigenvalue weighted by molar-refractivity contribution is 0.435. The third-order valence-corrected chi connectivity index (χ3v) is 4.96. The quantitative estimate of drug-likeness (QED) is 0.611. The van der Waals surface area contributed by atoms with Gasteiger partial charge in [-0.1, -0.05) is 63.4 Å². The molecule has 1 nitrogen and oxygen atoms in total. The predicted molar refractivity (Wildman–Crippen MR) is 94.8 cm³/mol. The van der Waals surface area contributed by atoms with Crippen LogP contribution in [-0.4, -0.2) is 6.04 Å². The van der Waals surface area contributed by atoms with E-state index >= 15 is 0 Å². The number of thiophene rings is 1. The molecule has 0 radical (unpaired) electrons. The molecule has 0 aliphatic heterocycles. The Morgan fingerprint density at radius 3 is 2.48 bits per heavy atom. The van der Waals surface area contributed by atoms with E-state index in [4.69, 9.17) is 0 Å². The molecular formula is C19H27NS. The average molecular weight is 301 g/mol. The molecular weight excluding hydrogens is 274 g/mol. The van der Waals surface area contributed by atoms with Crippen LogP contribution in [0.15, 0.2) is 42.5 Å². The van der Waals surface area contributed by atoms with Crippen LogP contribution in [0.4, 0.5) is 0 Å². The summed E-state index contributed by atoms with van der Waals surface area (Å²) in [5, 5.41) is 3.75. The van der Waals surface area contributed by atoms with Crippen LogP contribution in [0.2, 0.25) is 0 Å². The first-order valence-electron chi connectivity index (χ1n) is 8.21. The topological polar surface area (TPSA) is 12.0 Å². The van der Waals surface area contributed by atoms with Gasteiger partial charge in [0, 0.05) is 22.3 Å². The lowest BCUT2D eigenvalue weighted by Crippen LogP contribution is -2.28. The number of benzene rings is 1. The largest absolute Gasteiger partial charge is 0.309 e. The third kappa shape index (κ3) is 5.29. The molecule has 0 bridgehead atoms. The summed E-state index contributed by atoms with van der Waals surface area (Å²) in [5.41, 5.74) is 1.32. The van der Waals surface area contributed by atoms with Crippen molar-refractivity contribution in [2.45, 2.75) is 58.5 Å². The second-order valence-electron chi connectivity index (χ2n) is 5.64. The third-order valence-electron chi connectivity index (χ3n) is 3.83. The van der Waals surface area contributed by atoms with Gasteiger partial charge in [-0.15, -0.1) is 11.3 Å². The van der Waals surface area contributed by atoms with E-state index in [0.717, 1.165) is 6.54 Å². The van der Waals surface area contributed by atoms with E-state index in [1.165, 1.54) is 47.4 Å². The molecule has 2 heteroatoms. The van der Waals surface area contributed by atoms with Crippen molar-refractivity contribution < 1.29 is 0 Å². The molecule has 2 rings (SSSR count). The lowest BCUT2D eigenvalue weighted by atomic mass is 10.1. The molecule has 114 valence electrons. The number of nitrogens with one attached hydrogen (secondary N) is 1. The van der Waals surface area contributed by atoms with Gasteiger partial charge < -0.3 is 5.32 Å². The van der Waals surface area contributed by atoms with E-state index in [-0.39, 0.29) is 0 Å². The van der Waals surface area contributed by atoms with Crippen molar-refractivity contribution >= 4 is 11.3 Å². The van der Waals surface area contributed by atoms with Crippen LogP contribution in [0.1, 0.15) is 50.8 Å². The summed E-state index contributed by atoms with van der Waals surface area (Å²) in [6, 6.07) is 15.8. The van der Waals surface area contributed by atoms with Crippen molar-refractivity contribution in [3.63, 3.8) is 0 Å². The molecule has 0 spiro atoms. The molecule has 1 aromatic heterocycles. The fourth-order valence-corrected chi connectivity index (χ4v) is 3.59. The van der Waals surface area contributed by atoms with Crippen LogP contribution >= 0.6 is 11.3 Å². The highest BCUT2D eigenvalue weighted by molar-refractivity contribution is 7.15. The van der Waals surface area contributed by atoms with Crippen molar-refractivity contribution in [3.8, 4) is 10.4 Å². The van der Waals surface area contributed by atoms with Gasteiger partial charge in [0.25, 0.3) is 0 Å².